The molecule has 0 spiro atoms. The normalized spacial score (nSPS) is 31.8. The van der Waals surface area contributed by atoms with Crippen LogP contribution in [0.2, 0.25) is 0 Å². The zero-order valence-electron chi connectivity index (χ0n) is 3.23. The zero-order chi connectivity index (χ0) is 4.41. The minimum atomic E-state index is 0.178. The van der Waals surface area contributed by atoms with E-state index in [1.165, 1.54) is 0 Å². The molecule has 1 aliphatic heterocycles. The molecule has 0 amide bonds. The minimum Gasteiger partial charge on any atom is -0.359 e. The van der Waals surface area contributed by atoms with E-state index in [1.807, 2.05) is 12.2 Å². The van der Waals surface area contributed by atoms with E-state index in [9.17, 15) is 0 Å². The Morgan fingerprint density at radius 3 is 2.83 bits per heavy atom. The summed E-state index contributed by atoms with van der Waals surface area (Å²) in [6.45, 7) is 0.760. The Morgan fingerprint density at radius 2 is 2.67 bits per heavy atom. The highest BCUT2D eigenvalue weighted by molar-refractivity contribution is 9.09. The molecular weight excluding hydrogens is 144 g/mol. The van der Waals surface area contributed by atoms with Gasteiger partial charge in [-0.1, -0.05) is 22.0 Å². The summed E-state index contributed by atoms with van der Waals surface area (Å²) in [6, 6.07) is 0. The zero-order valence-corrected chi connectivity index (χ0v) is 4.81. The molecule has 1 heterocycles. The third kappa shape index (κ3) is 0.820. The highest BCUT2D eigenvalue weighted by Gasteiger charge is 2.00. The maximum atomic E-state index is 4.96. The quantitative estimate of drug-likeness (QED) is 0.372. The fourth-order valence-corrected chi connectivity index (χ4v) is 0.734. The molecule has 0 saturated heterocycles. The summed E-state index contributed by atoms with van der Waals surface area (Å²) >= 11 is 3.23. The molecule has 0 aromatic heterocycles. The van der Waals surface area contributed by atoms with E-state index in [0.29, 0.717) is 0 Å². The van der Waals surface area contributed by atoms with E-state index in [4.69, 9.17) is 4.74 Å². The molecule has 0 aromatic carbocycles. The van der Waals surface area contributed by atoms with E-state index in [-0.39, 0.29) is 5.01 Å². The van der Waals surface area contributed by atoms with Gasteiger partial charge in [0, 0.05) is 0 Å². The van der Waals surface area contributed by atoms with Crippen LogP contribution in [-0.2, 0) is 4.74 Å². The summed E-state index contributed by atoms with van der Waals surface area (Å²) in [7, 11) is 0. The van der Waals surface area contributed by atoms with Crippen molar-refractivity contribution in [3.05, 3.63) is 12.2 Å². The van der Waals surface area contributed by atoms with Crippen molar-refractivity contribution in [2.24, 2.45) is 0 Å². The minimum absolute atomic E-state index is 0.178. The van der Waals surface area contributed by atoms with Gasteiger partial charge in [-0.3, -0.25) is 0 Å². The van der Waals surface area contributed by atoms with Crippen LogP contribution in [0.4, 0.5) is 0 Å². The van der Waals surface area contributed by atoms with Gasteiger partial charge >= 0.3 is 0 Å². The van der Waals surface area contributed by atoms with Crippen molar-refractivity contribution in [2.45, 2.75) is 5.01 Å². The standard InChI is InChI=1S/C4H5BrO/c5-4-2-1-3-6-4/h1-2,4H,3H2. The fraction of sp³-hybridized carbons (Fsp3) is 0.500. The second-order valence-corrected chi connectivity index (χ2v) is 2.02. The third-order valence-corrected chi connectivity index (χ3v) is 1.21. The van der Waals surface area contributed by atoms with E-state index in [0.717, 1.165) is 6.61 Å². The van der Waals surface area contributed by atoms with Crippen LogP contribution in [-0.4, -0.2) is 11.6 Å². The lowest BCUT2D eigenvalue weighted by atomic mass is 10.6. The summed E-state index contributed by atoms with van der Waals surface area (Å²) in [5, 5.41) is 0.178. The summed E-state index contributed by atoms with van der Waals surface area (Å²) in [6.07, 6.45) is 3.96. The highest BCUT2D eigenvalue weighted by Crippen LogP contribution is 2.08. The summed E-state index contributed by atoms with van der Waals surface area (Å²) in [5.41, 5.74) is 0. The molecule has 1 aliphatic rings. The van der Waals surface area contributed by atoms with Crippen molar-refractivity contribution in [3.8, 4) is 0 Å². The predicted molar refractivity (Wildman–Crippen MR) is 27.8 cm³/mol. The first kappa shape index (κ1) is 4.34. The lowest BCUT2D eigenvalue weighted by molar-refractivity contribution is 0.193. The van der Waals surface area contributed by atoms with Crippen molar-refractivity contribution in [1.82, 2.24) is 0 Å². The Hall–Kier alpha value is 0.180. The summed E-state index contributed by atoms with van der Waals surface area (Å²) in [4.78, 5) is 0. The lowest BCUT2D eigenvalue weighted by Crippen LogP contribution is -1.89. The van der Waals surface area contributed by atoms with Crippen molar-refractivity contribution >= 4 is 15.9 Å². The van der Waals surface area contributed by atoms with Crippen molar-refractivity contribution < 1.29 is 4.74 Å². The van der Waals surface area contributed by atoms with Gasteiger partial charge in [-0.2, -0.15) is 0 Å². The molecule has 0 saturated carbocycles. The van der Waals surface area contributed by atoms with Gasteiger partial charge in [-0.15, -0.1) is 0 Å². The molecule has 6 heavy (non-hydrogen) atoms. The van der Waals surface area contributed by atoms with Crippen LogP contribution in [0.5, 0.6) is 0 Å². The van der Waals surface area contributed by atoms with Crippen LogP contribution < -0.4 is 0 Å². The monoisotopic (exact) mass is 148 g/mol. The van der Waals surface area contributed by atoms with Crippen LogP contribution in [0.15, 0.2) is 12.2 Å². The Bertz CT molecular complexity index is 69.9. The molecule has 34 valence electrons. The summed E-state index contributed by atoms with van der Waals surface area (Å²) < 4.78 is 4.96. The topological polar surface area (TPSA) is 9.23 Å². The molecule has 2 heteroatoms. The van der Waals surface area contributed by atoms with E-state index < -0.39 is 0 Å². The first-order chi connectivity index (χ1) is 2.89. The average molecular weight is 149 g/mol. The molecule has 0 N–H and O–H groups in total. The largest absolute Gasteiger partial charge is 0.359 e. The van der Waals surface area contributed by atoms with Gasteiger partial charge in [0.1, 0.15) is 5.01 Å². The SMILES string of the molecule is BrC1C=CCO1. The molecule has 0 aliphatic carbocycles. The fourth-order valence-electron chi connectivity index (χ4n) is 0.366. The molecule has 1 rings (SSSR count). The summed E-state index contributed by atoms with van der Waals surface area (Å²) in [5.74, 6) is 0. The smallest absolute Gasteiger partial charge is 0.131 e. The Labute approximate surface area is 45.1 Å². The van der Waals surface area contributed by atoms with E-state index >= 15 is 0 Å². The molecule has 1 nitrogen and oxygen atoms in total. The van der Waals surface area contributed by atoms with Gasteiger partial charge in [0.25, 0.3) is 0 Å². The van der Waals surface area contributed by atoms with Gasteiger partial charge in [0.2, 0.25) is 0 Å². The van der Waals surface area contributed by atoms with Crippen LogP contribution in [0.1, 0.15) is 0 Å². The molecule has 0 radical (unpaired) electrons. The maximum absolute atomic E-state index is 4.96. The van der Waals surface area contributed by atoms with Crippen LogP contribution in [0, 0.1) is 0 Å². The molecule has 0 bridgehead atoms. The Kier molecular flexibility index (Phi) is 1.27. The molecule has 1 unspecified atom stereocenters. The average Bonchev–Trinajstić information content (AvgIpc) is 1.86. The first-order valence-corrected chi connectivity index (χ1v) is 2.73. The number of alkyl halides is 1. The Balaban J connectivity index is 2.38. The molecular formula is C4H5BrO. The number of ether oxygens (including phenoxy) is 1. The predicted octanol–water partition coefficient (Wildman–Crippen LogP) is 1.29. The van der Waals surface area contributed by atoms with Crippen LogP contribution in [0.3, 0.4) is 0 Å². The molecule has 1 atom stereocenters. The lowest BCUT2D eigenvalue weighted by Gasteiger charge is -1.91. The van der Waals surface area contributed by atoms with Gasteiger partial charge in [0.15, 0.2) is 0 Å². The molecule has 0 fully saturated rings. The number of rotatable bonds is 0. The van der Waals surface area contributed by atoms with Gasteiger partial charge < -0.3 is 4.74 Å². The highest BCUT2D eigenvalue weighted by atomic mass is 79.9. The number of halogens is 1. The molecule has 0 aromatic rings. The van der Waals surface area contributed by atoms with E-state index in [2.05, 4.69) is 15.9 Å². The van der Waals surface area contributed by atoms with Gasteiger partial charge in [-0.25, -0.2) is 0 Å². The third-order valence-electron chi connectivity index (χ3n) is 0.639. The maximum Gasteiger partial charge on any atom is 0.131 e. The van der Waals surface area contributed by atoms with Crippen LogP contribution >= 0.6 is 15.9 Å². The van der Waals surface area contributed by atoms with Gasteiger partial charge in [0.05, 0.1) is 6.61 Å². The van der Waals surface area contributed by atoms with Crippen molar-refractivity contribution in [2.75, 3.05) is 6.61 Å². The Morgan fingerprint density at radius 1 is 1.83 bits per heavy atom. The van der Waals surface area contributed by atoms with Crippen molar-refractivity contribution in [1.29, 1.82) is 0 Å². The van der Waals surface area contributed by atoms with Crippen molar-refractivity contribution in [3.63, 3.8) is 0 Å². The number of hydrogen-bond donors (Lipinski definition) is 0. The van der Waals surface area contributed by atoms with Gasteiger partial charge in [-0.05, 0) is 6.08 Å². The second kappa shape index (κ2) is 1.76. The number of hydrogen-bond acceptors (Lipinski definition) is 1. The second-order valence-electron chi connectivity index (χ2n) is 1.11. The van der Waals surface area contributed by atoms with E-state index in [1.54, 1.807) is 0 Å². The first-order valence-electron chi connectivity index (χ1n) is 1.82. The van der Waals surface area contributed by atoms with Crippen LogP contribution in [0.25, 0.3) is 0 Å².